The Kier molecular flexibility index (Phi) is 5.69. The lowest BCUT2D eigenvalue weighted by Crippen LogP contribution is -2.18. The van der Waals surface area contributed by atoms with Gasteiger partial charge in [0.05, 0.1) is 16.6 Å². The van der Waals surface area contributed by atoms with E-state index in [2.05, 4.69) is 25.6 Å². The first-order chi connectivity index (χ1) is 15.7. The molecular weight excluding hydrogens is 439 g/mol. The van der Waals surface area contributed by atoms with Gasteiger partial charge in [0, 0.05) is 25.0 Å². The minimum atomic E-state index is -4.49. The number of nitrogens with zero attached hydrogens (tertiary/aromatic N) is 2. The van der Waals surface area contributed by atoms with E-state index in [9.17, 15) is 22.8 Å². The van der Waals surface area contributed by atoms with Crippen LogP contribution in [0.15, 0.2) is 60.9 Å². The third-order valence-electron chi connectivity index (χ3n) is 4.62. The quantitative estimate of drug-likeness (QED) is 0.414. The first-order valence-electron chi connectivity index (χ1n) is 9.57. The van der Waals surface area contributed by atoms with Crippen molar-refractivity contribution in [2.75, 3.05) is 12.4 Å². The Bertz CT molecular complexity index is 1350. The van der Waals surface area contributed by atoms with Gasteiger partial charge in [-0.05, 0) is 42.5 Å². The lowest BCUT2D eigenvalue weighted by atomic mass is 10.2. The summed E-state index contributed by atoms with van der Waals surface area (Å²) in [4.78, 5) is 35.3. The molecule has 0 aliphatic heterocycles. The zero-order valence-electron chi connectivity index (χ0n) is 17.0. The van der Waals surface area contributed by atoms with E-state index in [0.29, 0.717) is 5.75 Å². The number of alkyl halides is 3. The number of carbonyl (C=O) groups excluding carboxylic acids is 2. The summed E-state index contributed by atoms with van der Waals surface area (Å²) >= 11 is 0. The number of amides is 2. The number of H-pyrrole nitrogens is 1. The minimum Gasteiger partial charge on any atom is -0.456 e. The summed E-state index contributed by atoms with van der Waals surface area (Å²) in [7, 11) is 1.48. The maximum absolute atomic E-state index is 12.9. The second-order valence-corrected chi connectivity index (χ2v) is 6.85. The normalized spacial score (nSPS) is 11.3. The molecule has 0 saturated carbocycles. The largest absolute Gasteiger partial charge is 0.456 e. The molecule has 0 bridgehead atoms. The van der Waals surface area contributed by atoms with Crippen molar-refractivity contribution in [2.45, 2.75) is 6.18 Å². The Morgan fingerprint density at radius 2 is 1.88 bits per heavy atom. The van der Waals surface area contributed by atoms with Crippen LogP contribution in [0, 0.1) is 0 Å². The van der Waals surface area contributed by atoms with Crippen molar-refractivity contribution in [1.29, 1.82) is 0 Å². The zero-order chi connectivity index (χ0) is 23.6. The number of anilines is 1. The maximum atomic E-state index is 12.9. The van der Waals surface area contributed by atoms with Gasteiger partial charge in [-0.3, -0.25) is 19.9 Å². The molecule has 4 aromatic rings. The molecule has 0 aliphatic rings. The van der Waals surface area contributed by atoms with E-state index in [0.717, 1.165) is 12.1 Å². The highest BCUT2D eigenvalue weighted by Crippen LogP contribution is 2.31. The Labute approximate surface area is 184 Å². The molecule has 0 unspecified atom stereocenters. The summed E-state index contributed by atoms with van der Waals surface area (Å²) in [6.07, 6.45) is -1.67. The number of rotatable bonds is 5. The number of benzene rings is 2. The molecule has 168 valence electrons. The average Bonchev–Trinajstić information content (AvgIpc) is 3.20. The Balaban J connectivity index is 1.53. The number of aromatic amines is 1. The highest BCUT2D eigenvalue weighted by Gasteiger charge is 2.30. The van der Waals surface area contributed by atoms with E-state index in [1.165, 1.54) is 43.7 Å². The van der Waals surface area contributed by atoms with Crippen LogP contribution >= 0.6 is 0 Å². The van der Waals surface area contributed by atoms with Gasteiger partial charge in [-0.1, -0.05) is 6.07 Å². The number of imidazole rings is 1. The standard InChI is InChI=1S/C22H16F3N5O3/c1-26-20(32)15-11-27-8-7-18(15)33-14-4-2-3-12(9-14)19(31)30-21-28-16-6-5-13(22(23,24)25)10-17(16)29-21/h2-11H,1H3,(H,26,32)(H2,28,29,30,31). The molecule has 8 nitrogen and oxygen atoms in total. The van der Waals surface area contributed by atoms with Crippen molar-refractivity contribution in [3.8, 4) is 11.5 Å². The monoisotopic (exact) mass is 455 g/mol. The molecular formula is C22H16F3N5O3. The van der Waals surface area contributed by atoms with E-state index in [1.807, 2.05) is 0 Å². The summed E-state index contributed by atoms with van der Waals surface area (Å²) in [5.74, 6) is -0.405. The van der Waals surface area contributed by atoms with Crippen LogP contribution in [0.2, 0.25) is 0 Å². The number of pyridine rings is 1. The van der Waals surface area contributed by atoms with Gasteiger partial charge in [0.25, 0.3) is 11.8 Å². The highest BCUT2D eigenvalue weighted by atomic mass is 19.4. The molecule has 3 N–H and O–H groups in total. The number of aromatic nitrogens is 3. The van der Waals surface area contributed by atoms with Crippen LogP contribution in [0.25, 0.3) is 11.0 Å². The van der Waals surface area contributed by atoms with Gasteiger partial charge >= 0.3 is 6.18 Å². The maximum Gasteiger partial charge on any atom is 0.416 e. The molecule has 33 heavy (non-hydrogen) atoms. The van der Waals surface area contributed by atoms with Gasteiger partial charge in [-0.2, -0.15) is 13.2 Å². The van der Waals surface area contributed by atoms with Crippen molar-refractivity contribution in [1.82, 2.24) is 20.3 Å². The number of hydrogen-bond acceptors (Lipinski definition) is 5. The lowest BCUT2D eigenvalue weighted by molar-refractivity contribution is -0.137. The van der Waals surface area contributed by atoms with Crippen LogP contribution in [0.4, 0.5) is 19.1 Å². The first-order valence-corrected chi connectivity index (χ1v) is 9.57. The summed E-state index contributed by atoms with van der Waals surface area (Å²) in [5.41, 5.74) is 0.00915. The SMILES string of the molecule is CNC(=O)c1cnccc1Oc1cccc(C(=O)Nc2nc3ccc(C(F)(F)F)cc3[nH]2)c1. The Hall–Kier alpha value is -4.41. The molecule has 4 rings (SSSR count). The summed E-state index contributed by atoms with van der Waals surface area (Å²) < 4.78 is 44.4. The Morgan fingerprint density at radius 1 is 1.06 bits per heavy atom. The summed E-state index contributed by atoms with van der Waals surface area (Å²) in [6.45, 7) is 0. The van der Waals surface area contributed by atoms with Gasteiger partial charge in [0.1, 0.15) is 17.1 Å². The van der Waals surface area contributed by atoms with Gasteiger partial charge in [0.15, 0.2) is 0 Å². The molecule has 0 atom stereocenters. The number of halogens is 3. The molecule has 0 radical (unpaired) electrons. The van der Waals surface area contributed by atoms with Crippen LogP contribution < -0.4 is 15.4 Å². The number of nitrogens with one attached hydrogen (secondary N) is 3. The molecule has 2 amide bonds. The zero-order valence-corrected chi connectivity index (χ0v) is 17.0. The molecule has 2 heterocycles. The van der Waals surface area contributed by atoms with Crippen LogP contribution in [0.3, 0.4) is 0 Å². The van der Waals surface area contributed by atoms with Gasteiger partial charge < -0.3 is 15.0 Å². The first kappa shape index (κ1) is 21.8. The average molecular weight is 455 g/mol. The third kappa shape index (κ3) is 4.76. The third-order valence-corrected chi connectivity index (χ3v) is 4.62. The van der Waals surface area contributed by atoms with Gasteiger partial charge in [0.2, 0.25) is 5.95 Å². The summed E-state index contributed by atoms with van der Waals surface area (Å²) in [5, 5.41) is 5.01. The smallest absolute Gasteiger partial charge is 0.416 e. The second kappa shape index (κ2) is 8.61. The predicted octanol–water partition coefficient (Wildman–Crippen LogP) is 4.38. The molecule has 0 aliphatic carbocycles. The highest BCUT2D eigenvalue weighted by molar-refractivity contribution is 6.04. The van der Waals surface area contributed by atoms with Crippen molar-refractivity contribution in [3.63, 3.8) is 0 Å². The fourth-order valence-electron chi connectivity index (χ4n) is 3.03. The van der Waals surface area contributed by atoms with Crippen LogP contribution in [0.5, 0.6) is 11.5 Å². The fraction of sp³-hybridized carbons (Fsp3) is 0.0909. The van der Waals surface area contributed by atoms with Crippen molar-refractivity contribution in [2.24, 2.45) is 0 Å². The number of carbonyl (C=O) groups is 2. The second-order valence-electron chi connectivity index (χ2n) is 6.85. The Morgan fingerprint density at radius 3 is 2.64 bits per heavy atom. The molecule has 0 spiro atoms. The number of hydrogen-bond donors (Lipinski definition) is 3. The van der Waals surface area contributed by atoms with Gasteiger partial charge in [-0.25, -0.2) is 4.98 Å². The fourth-order valence-corrected chi connectivity index (χ4v) is 3.03. The van der Waals surface area contributed by atoms with E-state index in [-0.39, 0.29) is 39.8 Å². The van der Waals surface area contributed by atoms with Crippen molar-refractivity contribution in [3.05, 3.63) is 77.6 Å². The molecule has 2 aromatic heterocycles. The van der Waals surface area contributed by atoms with E-state index >= 15 is 0 Å². The molecule has 0 fully saturated rings. The number of ether oxygens (including phenoxy) is 1. The number of fused-ring (bicyclic) bond motifs is 1. The topological polar surface area (TPSA) is 109 Å². The van der Waals surface area contributed by atoms with E-state index < -0.39 is 17.6 Å². The van der Waals surface area contributed by atoms with Crippen LogP contribution in [-0.4, -0.2) is 33.8 Å². The minimum absolute atomic E-state index is 0.00307. The van der Waals surface area contributed by atoms with Crippen molar-refractivity contribution < 1.29 is 27.5 Å². The molecule has 2 aromatic carbocycles. The van der Waals surface area contributed by atoms with E-state index in [4.69, 9.17) is 4.74 Å². The summed E-state index contributed by atoms with van der Waals surface area (Å²) in [6, 6.07) is 10.7. The molecule has 11 heteroatoms. The van der Waals surface area contributed by atoms with E-state index in [1.54, 1.807) is 12.1 Å². The lowest BCUT2D eigenvalue weighted by Gasteiger charge is -2.10. The van der Waals surface area contributed by atoms with Crippen LogP contribution in [0.1, 0.15) is 26.3 Å². The predicted molar refractivity (Wildman–Crippen MR) is 113 cm³/mol. The van der Waals surface area contributed by atoms with Crippen molar-refractivity contribution >= 4 is 28.8 Å². The van der Waals surface area contributed by atoms with Gasteiger partial charge in [-0.15, -0.1) is 0 Å². The molecule has 0 saturated heterocycles. The van der Waals surface area contributed by atoms with Crippen LogP contribution in [-0.2, 0) is 6.18 Å².